The number of carboxylic acid groups (broad SMARTS) is 1. The van der Waals surface area contributed by atoms with E-state index in [1.165, 1.54) is 20.3 Å². The van der Waals surface area contributed by atoms with Crippen LogP contribution >= 0.6 is 0 Å². The molecular formula is C10H11FO5. The van der Waals surface area contributed by atoms with Crippen molar-refractivity contribution in [3.05, 3.63) is 17.4 Å². The van der Waals surface area contributed by atoms with Gasteiger partial charge in [0.15, 0.2) is 11.5 Å². The van der Waals surface area contributed by atoms with Gasteiger partial charge in [-0.15, -0.1) is 0 Å². The van der Waals surface area contributed by atoms with E-state index in [9.17, 15) is 14.3 Å². The molecule has 0 bridgehead atoms. The fourth-order valence-electron chi connectivity index (χ4n) is 1.29. The van der Waals surface area contributed by atoms with Gasteiger partial charge in [-0.2, -0.15) is 4.39 Å². The van der Waals surface area contributed by atoms with Crippen LogP contribution < -0.4 is 9.47 Å². The molecule has 0 aromatic heterocycles. The number of carboxylic acids is 1. The second-order valence-corrected chi connectivity index (χ2v) is 3.00. The van der Waals surface area contributed by atoms with Crippen LogP contribution in [0.4, 0.5) is 4.39 Å². The average Bonchev–Trinajstić information content (AvgIpc) is 2.24. The molecule has 0 unspecified atom stereocenters. The minimum Gasteiger partial charge on any atom is -0.505 e. The van der Waals surface area contributed by atoms with Gasteiger partial charge in [0, 0.05) is 5.56 Å². The third kappa shape index (κ3) is 2.16. The first-order valence-electron chi connectivity index (χ1n) is 4.35. The van der Waals surface area contributed by atoms with Crippen molar-refractivity contribution in [2.45, 2.75) is 6.42 Å². The third-order valence-electron chi connectivity index (χ3n) is 2.01. The van der Waals surface area contributed by atoms with E-state index in [2.05, 4.69) is 0 Å². The zero-order valence-corrected chi connectivity index (χ0v) is 8.78. The number of phenolic OH excluding ortho intramolecular Hbond substituents is 1. The lowest BCUT2D eigenvalue weighted by atomic mass is 10.1. The number of hydrogen-bond acceptors (Lipinski definition) is 4. The third-order valence-corrected chi connectivity index (χ3v) is 2.01. The summed E-state index contributed by atoms with van der Waals surface area (Å²) in [7, 11) is 2.51. The highest BCUT2D eigenvalue weighted by atomic mass is 19.1. The number of phenols is 1. The number of rotatable bonds is 4. The standard InChI is InChI=1S/C10H11FO5/c1-15-6-3-5(4-7(12)13)9(14)8(11)10(6)16-2/h3,14H,4H2,1-2H3,(H,12,13). The van der Waals surface area contributed by atoms with Gasteiger partial charge in [0.2, 0.25) is 11.6 Å². The lowest BCUT2D eigenvalue weighted by Crippen LogP contribution is -2.03. The zero-order valence-electron chi connectivity index (χ0n) is 8.78. The molecule has 0 amide bonds. The number of halogens is 1. The maximum atomic E-state index is 13.5. The van der Waals surface area contributed by atoms with Gasteiger partial charge >= 0.3 is 5.97 Å². The predicted octanol–water partition coefficient (Wildman–Crippen LogP) is 1.18. The van der Waals surface area contributed by atoms with Crippen LogP contribution in [0.2, 0.25) is 0 Å². The van der Waals surface area contributed by atoms with Crippen LogP contribution in [0.15, 0.2) is 6.07 Å². The quantitative estimate of drug-likeness (QED) is 0.812. The molecule has 5 nitrogen and oxygen atoms in total. The van der Waals surface area contributed by atoms with Gasteiger partial charge in [-0.3, -0.25) is 4.79 Å². The van der Waals surface area contributed by atoms with Crippen molar-refractivity contribution < 1.29 is 28.9 Å². The Kier molecular flexibility index (Phi) is 3.55. The summed E-state index contributed by atoms with van der Waals surface area (Å²) in [6.07, 6.45) is -0.497. The topological polar surface area (TPSA) is 76.0 Å². The van der Waals surface area contributed by atoms with Gasteiger partial charge in [-0.05, 0) is 6.07 Å². The fraction of sp³-hybridized carbons (Fsp3) is 0.300. The summed E-state index contributed by atoms with van der Waals surface area (Å²) >= 11 is 0. The Morgan fingerprint density at radius 3 is 2.50 bits per heavy atom. The van der Waals surface area contributed by atoms with Crippen molar-refractivity contribution in [3.63, 3.8) is 0 Å². The van der Waals surface area contributed by atoms with E-state index in [0.29, 0.717) is 0 Å². The molecule has 1 rings (SSSR count). The highest BCUT2D eigenvalue weighted by Crippen LogP contribution is 2.38. The summed E-state index contributed by atoms with van der Waals surface area (Å²) in [5.74, 6) is -3.16. The summed E-state index contributed by atoms with van der Waals surface area (Å²) in [5, 5.41) is 18.0. The molecular weight excluding hydrogens is 219 g/mol. The van der Waals surface area contributed by atoms with Crippen molar-refractivity contribution in [1.82, 2.24) is 0 Å². The number of ether oxygens (including phenoxy) is 2. The summed E-state index contributed by atoms with van der Waals surface area (Å²) in [6.45, 7) is 0. The van der Waals surface area contributed by atoms with Crippen LogP contribution in [0.25, 0.3) is 0 Å². The Balaban J connectivity index is 3.32. The number of hydrogen-bond donors (Lipinski definition) is 2. The lowest BCUT2D eigenvalue weighted by molar-refractivity contribution is -0.136. The molecule has 0 radical (unpaired) electrons. The Morgan fingerprint density at radius 2 is 2.06 bits per heavy atom. The number of aromatic hydroxyl groups is 1. The van der Waals surface area contributed by atoms with Gasteiger partial charge in [-0.25, -0.2) is 0 Å². The zero-order chi connectivity index (χ0) is 12.3. The van der Waals surface area contributed by atoms with E-state index in [0.717, 1.165) is 0 Å². The second kappa shape index (κ2) is 4.69. The molecule has 0 heterocycles. The summed E-state index contributed by atoms with van der Waals surface area (Å²) in [6, 6.07) is 1.23. The van der Waals surface area contributed by atoms with Gasteiger partial charge in [-0.1, -0.05) is 0 Å². The van der Waals surface area contributed by atoms with Gasteiger partial charge in [0.1, 0.15) is 0 Å². The molecule has 0 saturated carbocycles. The first-order valence-corrected chi connectivity index (χ1v) is 4.35. The van der Waals surface area contributed by atoms with Crippen LogP contribution in [-0.2, 0) is 11.2 Å². The molecule has 1 aromatic rings. The normalized spacial score (nSPS) is 9.94. The second-order valence-electron chi connectivity index (χ2n) is 3.00. The number of aliphatic carboxylic acids is 1. The Morgan fingerprint density at radius 1 is 1.44 bits per heavy atom. The number of carbonyl (C=O) groups is 1. The van der Waals surface area contributed by atoms with Crippen LogP contribution in [0, 0.1) is 5.82 Å². The Bertz CT molecular complexity index is 416. The molecule has 2 N–H and O–H groups in total. The van der Waals surface area contributed by atoms with Crippen molar-refractivity contribution >= 4 is 5.97 Å². The predicted molar refractivity (Wildman–Crippen MR) is 52.5 cm³/mol. The van der Waals surface area contributed by atoms with E-state index in [-0.39, 0.29) is 17.1 Å². The average molecular weight is 230 g/mol. The van der Waals surface area contributed by atoms with E-state index in [1.807, 2.05) is 0 Å². The summed E-state index contributed by atoms with van der Waals surface area (Å²) < 4.78 is 23.0. The maximum absolute atomic E-state index is 13.5. The van der Waals surface area contributed by atoms with E-state index < -0.39 is 24.0 Å². The van der Waals surface area contributed by atoms with Crippen LogP contribution in [0.3, 0.4) is 0 Å². The van der Waals surface area contributed by atoms with Crippen LogP contribution in [0.1, 0.15) is 5.56 Å². The number of benzene rings is 1. The van der Waals surface area contributed by atoms with E-state index >= 15 is 0 Å². The molecule has 0 atom stereocenters. The molecule has 0 aliphatic carbocycles. The number of methoxy groups -OCH3 is 2. The van der Waals surface area contributed by atoms with Gasteiger partial charge in [0.05, 0.1) is 20.6 Å². The summed E-state index contributed by atoms with van der Waals surface area (Å²) in [4.78, 5) is 10.5. The Labute approximate surface area is 91.0 Å². The fourth-order valence-corrected chi connectivity index (χ4v) is 1.29. The molecule has 0 fully saturated rings. The first kappa shape index (κ1) is 12.1. The van der Waals surface area contributed by atoms with E-state index in [1.54, 1.807) is 0 Å². The molecule has 0 saturated heterocycles. The molecule has 16 heavy (non-hydrogen) atoms. The van der Waals surface area contributed by atoms with E-state index in [4.69, 9.17) is 14.6 Å². The van der Waals surface area contributed by atoms with Gasteiger partial charge < -0.3 is 19.7 Å². The van der Waals surface area contributed by atoms with Crippen molar-refractivity contribution in [3.8, 4) is 17.2 Å². The van der Waals surface area contributed by atoms with Gasteiger partial charge in [0.25, 0.3) is 0 Å². The SMILES string of the molecule is COc1cc(CC(=O)O)c(O)c(F)c1OC. The largest absolute Gasteiger partial charge is 0.505 e. The lowest BCUT2D eigenvalue weighted by Gasteiger charge is -2.12. The highest BCUT2D eigenvalue weighted by Gasteiger charge is 2.20. The minimum absolute atomic E-state index is 0.0362. The monoisotopic (exact) mass is 230 g/mol. The van der Waals surface area contributed by atoms with Crippen molar-refractivity contribution in [2.24, 2.45) is 0 Å². The smallest absolute Gasteiger partial charge is 0.307 e. The maximum Gasteiger partial charge on any atom is 0.307 e. The minimum atomic E-state index is -1.18. The molecule has 0 aliphatic rings. The molecule has 1 aromatic carbocycles. The van der Waals surface area contributed by atoms with Crippen molar-refractivity contribution in [2.75, 3.05) is 14.2 Å². The van der Waals surface area contributed by atoms with Crippen LogP contribution in [0.5, 0.6) is 17.2 Å². The van der Waals surface area contributed by atoms with Crippen molar-refractivity contribution in [1.29, 1.82) is 0 Å². The molecule has 0 aliphatic heterocycles. The molecule has 88 valence electrons. The van der Waals surface area contributed by atoms with Crippen LogP contribution in [-0.4, -0.2) is 30.4 Å². The first-order chi connectivity index (χ1) is 7.51. The molecule has 6 heteroatoms. The highest BCUT2D eigenvalue weighted by molar-refractivity contribution is 5.72. The molecule has 0 spiro atoms. The Hall–Kier alpha value is -1.98. The summed E-state index contributed by atoms with van der Waals surface area (Å²) in [5.41, 5.74) is -0.0670.